The van der Waals surface area contributed by atoms with Gasteiger partial charge in [-0.1, -0.05) is 19.8 Å². The molecule has 0 aromatic rings. The van der Waals surface area contributed by atoms with Crippen molar-refractivity contribution in [3.05, 3.63) is 0 Å². The van der Waals surface area contributed by atoms with Crippen LogP contribution in [0.1, 0.15) is 58.3 Å². The Labute approximate surface area is 120 Å². The SMILES string of the molecule is C[C@H]1CCCC/C1=N/NC(=O)CN1CCCCCC1=O. The van der Waals surface area contributed by atoms with Gasteiger partial charge in [0.05, 0.1) is 0 Å². The van der Waals surface area contributed by atoms with Gasteiger partial charge in [0.25, 0.3) is 5.91 Å². The lowest BCUT2D eigenvalue weighted by molar-refractivity contribution is -0.135. The lowest BCUT2D eigenvalue weighted by atomic mass is 9.89. The zero-order valence-electron chi connectivity index (χ0n) is 12.4. The van der Waals surface area contributed by atoms with Gasteiger partial charge in [0.15, 0.2) is 0 Å². The van der Waals surface area contributed by atoms with Gasteiger partial charge in [-0.25, -0.2) is 5.43 Å². The predicted octanol–water partition coefficient (Wildman–Crippen LogP) is 2.07. The first kappa shape index (κ1) is 15.0. The van der Waals surface area contributed by atoms with Gasteiger partial charge in [0.1, 0.15) is 6.54 Å². The fourth-order valence-corrected chi connectivity index (χ4v) is 2.88. The van der Waals surface area contributed by atoms with Crippen molar-refractivity contribution in [2.24, 2.45) is 11.0 Å². The van der Waals surface area contributed by atoms with Gasteiger partial charge in [-0.05, 0) is 38.0 Å². The molecule has 20 heavy (non-hydrogen) atoms. The lowest BCUT2D eigenvalue weighted by Crippen LogP contribution is -2.39. The number of likely N-dealkylation sites (tertiary alicyclic amines) is 1. The van der Waals surface area contributed by atoms with Crippen molar-refractivity contribution in [3.8, 4) is 0 Å². The molecule has 112 valence electrons. The Morgan fingerprint density at radius 1 is 1.25 bits per heavy atom. The number of hydrogen-bond acceptors (Lipinski definition) is 3. The monoisotopic (exact) mass is 279 g/mol. The minimum atomic E-state index is -0.175. The molecule has 5 nitrogen and oxygen atoms in total. The van der Waals surface area contributed by atoms with Crippen LogP contribution in [-0.2, 0) is 9.59 Å². The van der Waals surface area contributed by atoms with Gasteiger partial charge in [-0.15, -0.1) is 0 Å². The van der Waals surface area contributed by atoms with Crippen LogP contribution in [0.15, 0.2) is 5.10 Å². The summed E-state index contributed by atoms with van der Waals surface area (Å²) in [5.41, 5.74) is 3.72. The van der Waals surface area contributed by atoms with E-state index in [9.17, 15) is 9.59 Å². The first-order valence-electron chi connectivity index (χ1n) is 7.80. The molecule has 0 aromatic carbocycles. The third-order valence-electron chi connectivity index (χ3n) is 4.22. The highest BCUT2D eigenvalue weighted by Crippen LogP contribution is 2.20. The highest BCUT2D eigenvalue weighted by atomic mass is 16.2. The summed E-state index contributed by atoms with van der Waals surface area (Å²) in [6.45, 7) is 2.99. The Hall–Kier alpha value is -1.39. The number of carbonyl (C=O) groups is 2. The molecule has 2 fully saturated rings. The van der Waals surface area contributed by atoms with Crippen LogP contribution < -0.4 is 5.43 Å². The van der Waals surface area contributed by atoms with Crippen LogP contribution in [0, 0.1) is 5.92 Å². The Balaban J connectivity index is 1.82. The van der Waals surface area contributed by atoms with Crippen LogP contribution in [0.4, 0.5) is 0 Å². The average Bonchev–Trinajstić information content (AvgIpc) is 2.63. The van der Waals surface area contributed by atoms with Gasteiger partial charge in [-0.2, -0.15) is 5.10 Å². The highest BCUT2D eigenvalue weighted by Gasteiger charge is 2.20. The molecule has 1 saturated carbocycles. The van der Waals surface area contributed by atoms with Gasteiger partial charge in [-0.3, -0.25) is 9.59 Å². The molecule has 1 heterocycles. The Bertz CT molecular complexity index is 393. The molecule has 1 aliphatic carbocycles. The Morgan fingerprint density at radius 2 is 2.05 bits per heavy atom. The Kier molecular flexibility index (Phi) is 5.56. The molecule has 0 radical (unpaired) electrons. The van der Waals surface area contributed by atoms with Crippen LogP contribution in [0.2, 0.25) is 0 Å². The molecule has 0 aromatic heterocycles. The zero-order chi connectivity index (χ0) is 14.4. The lowest BCUT2D eigenvalue weighted by Gasteiger charge is -2.21. The van der Waals surface area contributed by atoms with E-state index in [0.29, 0.717) is 18.9 Å². The zero-order valence-corrected chi connectivity index (χ0v) is 12.4. The molecule has 0 spiro atoms. The second kappa shape index (κ2) is 7.41. The summed E-state index contributed by atoms with van der Waals surface area (Å²) in [5.74, 6) is 0.380. The van der Waals surface area contributed by atoms with E-state index < -0.39 is 0 Å². The van der Waals surface area contributed by atoms with Gasteiger partial charge in [0, 0.05) is 18.7 Å². The third-order valence-corrected chi connectivity index (χ3v) is 4.22. The van der Waals surface area contributed by atoms with E-state index in [1.54, 1.807) is 4.90 Å². The smallest absolute Gasteiger partial charge is 0.259 e. The molecular formula is C15H25N3O2. The molecule has 5 heteroatoms. The van der Waals surface area contributed by atoms with E-state index in [-0.39, 0.29) is 18.4 Å². The fourth-order valence-electron chi connectivity index (χ4n) is 2.88. The average molecular weight is 279 g/mol. The largest absolute Gasteiger partial charge is 0.333 e. The standard InChI is InChI=1S/C15H25N3O2/c1-12-7-4-5-8-13(12)16-17-14(19)11-18-10-6-2-3-9-15(18)20/h12H,2-11H2,1H3,(H,17,19)/b16-13-/t12-/m0/s1. The van der Waals surface area contributed by atoms with Gasteiger partial charge < -0.3 is 4.90 Å². The number of amides is 2. The summed E-state index contributed by atoms with van der Waals surface area (Å²) in [6, 6.07) is 0. The number of hydrazone groups is 1. The predicted molar refractivity (Wildman–Crippen MR) is 78.3 cm³/mol. The van der Waals surface area contributed by atoms with Crippen molar-refractivity contribution in [1.29, 1.82) is 0 Å². The number of nitrogens with one attached hydrogen (secondary N) is 1. The molecule has 1 N–H and O–H groups in total. The molecule has 2 amide bonds. The second-order valence-electron chi connectivity index (χ2n) is 5.91. The van der Waals surface area contributed by atoms with Crippen LogP contribution >= 0.6 is 0 Å². The van der Waals surface area contributed by atoms with E-state index in [4.69, 9.17) is 0 Å². The van der Waals surface area contributed by atoms with Crippen molar-refractivity contribution in [2.75, 3.05) is 13.1 Å². The minimum absolute atomic E-state index is 0.0938. The summed E-state index contributed by atoms with van der Waals surface area (Å²) in [7, 11) is 0. The van der Waals surface area contributed by atoms with Crippen molar-refractivity contribution < 1.29 is 9.59 Å². The quantitative estimate of drug-likeness (QED) is 0.804. The van der Waals surface area contributed by atoms with Crippen LogP contribution in [0.25, 0.3) is 0 Å². The van der Waals surface area contributed by atoms with Crippen LogP contribution in [-0.4, -0.2) is 35.5 Å². The molecule has 0 bridgehead atoms. The summed E-state index contributed by atoms with van der Waals surface area (Å²) >= 11 is 0. The van der Waals surface area contributed by atoms with Crippen molar-refractivity contribution in [2.45, 2.75) is 58.3 Å². The maximum atomic E-state index is 11.9. The molecule has 1 aliphatic heterocycles. The van der Waals surface area contributed by atoms with E-state index in [1.165, 1.54) is 6.42 Å². The first-order valence-corrected chi connectivity index (χ1v) is 7.80. The summed E-state index contributed by atoms with van der Waals surface area (Å²) in [6.07, 6.45) is 8.10. The highest BCUT2D eigenvalue weighted by molar-refractivity contribution is 5.89. The van der Waals surface area contributed by atoms with Crippen molar-refractivity contribution in [3.63, 3.8) is 0 Å². The summed E-state index contributed by atoms with van der Waals surface area (Å²) < 4.78 is 0. The molecule has 1 saturated heterocycles. The van der Waals surface area contributed by atoms with Crippen molar-refractivity contribution in [1.82, 2.24) is 10.3 Å². The van der Waals surface area contributed by atoms with Gasteiger partial charge >= 0.3 is 0 Å². The topological polar surface area (TPSA) is 61.8 Å². The van der Waals surface area contributed by atoms with E-state index in [1.807, 2.05) is 0 Å². The second-order valence-corrected chi connectivity index (χ2v) is 5.91. The number of hydrogen-bond donors (Lipinski definition) is 1. The van der Waals surface area contributed by atoms with E-state index in [0.717, 1.165) is 44.2 Å². The number of nitrogens with zero attached hydrogens (tertiary/aromatic N) is 2. The Morgan fingerprint density at radius 3 is 2.85 bits per heavy atom. The van der Waals surface area contributed by atoms with E-state index in [2.05, 4.69) is 17.5 Å². The summed E-state index contributed by atoms with van der Waals surface area (Å²) in [4.78, 5) is 25.4. The van der Waals surface area contributed by atoms with Crippen molar-refractivity contribution >= 4 is 17.5 Å². The molecular weight excluding hydrogens is 254 g/mol. The molecule has 2 aliphatic rings. The number of carbonyl (C=O) groups excluding carboxylic acids is 2. The third kappa shape index (κ3) is 4.32. The van der Waals surface area contributed by atoms with Crippen LogP contribution in [0.5, 0.6) is 0 Å². The minimum Gasteiger partial charge on any atom is -0.333 e. The van der Waals surface area contributed by atoms with Crippen LogP contribution in [0.3, 0.4) is 0 Å². The molecule has 1 atom stereocenters. The maximum Gasteiger partial charge on any atom is 0.259 e. The number of rotatable bonds is 3. The normalized spacial score (nSPS) is 26.4. The summed E-state index contributed by atoms with van der Waals surface area (Å²) in [5, 5.41) is 4.26. The maximum absolute atomic E-state index is 11.9. The fraction of sp³-hybridized carbons (Fsp3) is 0.800. The van der Waals surface area contributed by atoms with E-state index >= 15 is 0 Å². The molecule has 0 unspecified atom stereocenters. The molecule has 2 rings (SSSR count). The van der Waals surface area contributed by atoms with Gasteiger partial charge in [0.2, 0.25) is 5.91 Å². The first-order chi connectivity index (χ1) is 9.66.